The number of anilines is 1. The number of rotatable bonds is 4. The van der Waals surface area contributed by atoms with Gasteiger partial charge in [-0.1, -0.05) is 32.0 Å². The number of hydrogen-bond acceptors (Lipinski definition) is 2. The molecular weight excluding hydrogens is 236 g/mol. The third-order valence-corrected chi connectivity index (χ3v) is 2.47. The van der Waals surface area contributed by atoms with Crippen LogP contribution in [0.1, 0.15) is 13.8 Å². The molecule has 0 amide bonds. The Morgan fingerprint density at radius 2 is 1.88 bits per heavy atom. The smallest absolute Gasteiger partial charge is 0.326 e. The van der Waals surface area contributed by atoms with Gasteiger partial charge in [-0.2, -0.15) is 0 Å². The quantitative estimate of drug-likeness (QED) is 0.716. The second kappa shape index (κ2) is 6.20. The summed E-state index contributed by atoms with van der Waals surface area (Å²) in [6.07, 6.45) is 0. The van der Waals surface area contributed by atoms with Gasteiger partial charge in [-0.15, -0.1) is 0 Å². The summed E-state index contributed by atoms with van der Waals surface area (Å²) in [5.74, 6) is -0.944. The highest BCUT2D eigenvalue weighted by atomic mass is 32.1. The van der Waals surface area contributed by atoms with Crippen molar-refractivity contribution in [2.45, 2.75) is 19.9 Å². The molecule has 1 atom stereocenters. The first kappa shape index (κ1) is 13.4. The van der Waals surface area contributed by atoms with Crippen LogP contribution in [-0.4, -0.2) is 22.2 Å². The number of carboxylic acid groups (broad SMARTS) is 1. The Bertz CT molecular complexity index is 393. The first-order valence-electron chi connectivity index (χ1n) is 5.36. The Kier molecular flexibility index (Phi) is 4.90. The van der Waals surface area contributed by atoms with Crippen molar-refractivity contribution in [2.75, 3.05) is 5.32 Å². The predicted molar refractivity (Wildman–Crippen MR) is 72.1 cm³/mol. The summed E-state index contributed by atoms with van der Waals surface area (Å²) in [4.78, 5) is 11.0. The Balaban J connectivity index is 2.57. The van der Waals surface area contributed by atoms with Crippen LogP contribution in [0, 0.1) is 5.92 Å². The topological polar surface area (TPSA) is 61.4 Å². The van der Waals surface area contributed by atoms with Gasteiger partial charge in [0.25, 0.3) is 0 Å². The molecule has 17 heavy (non-hydrogen) atoms. The van der Waals surface area contributed by atoms with Gasteiger partial charge >= 0.3 is 5.97 Å². The number of carbonyl (C=O) groups is 1. The summed E-state index contributed by atoms with van der Waals surface area (Å²) >= 11 is 5.07. The highest BCUT2D eigenvalue weighted by Crippen LogP contribution is 2.06. The number of carboxylic acids is 1. The average Bonchev–Trinajstić information content (AvgIpc) is 2.26. The fourth-order valence-electron chi connectivity index (χ4n) is 1.34. The molecule has 0 unspecified atom stereocenters. The van der Waals surface area contributed by atoms with Crippen molar-refractivity contribution < 1.29 is 9.90 Å². The van der Waals surface area contributed by atoms with Gasteiger partial charge in [-0.25, -0.2) is 4.79 Å². The molecule has 0 spiro atoms. The van der Waals surface area contributed by atoms with Gasteiger partial charge in [-0.05, 0) is 30.3 Å². The van der Waals surface area contributed by atoms with Gasteiger partial charge in [0.1, 0.15) is 6.04 Å². The van der Waals surface area contributed by atoms with Gasteiger partial charge in [0.05, 0.1) is 0 Å². The molecule has 5 heteroatoms. The zero-order valence-electron chi connectivity index (χ0n) is 9.81. The number of nitrogens with one attached hydrogen (secondary N) is 2. The molecule has 0 bridgehead atoms. The largest absolute Gasteiger partial charge is 0.480 e. The molecule has 1 aromatic rings. The van der Waals surface area contributed by atoms with Gasteiger partial charge in [0.2, 0.25) is 0 Å². The maximum absolute atomic E-state index is 11.0. The summed E-state index contributed by atoms with van der Waals surface area (Å²) < 4.78 is 0. The third kappa shape index (κ3) is 4.40. The number of aliphatic carboxylic acids is 1. The van der Waals surface area contributed by atoms with Gasteiger partial charge in [0.15, 0.2) is 5.11 Å². The molecule has 3 N–H and O–H groups in total. The molecule has 0 aliphatic carbocycles. The normalized spacial score (nSPS) is 11.9. The summed E-state index contributed by atoms with van der Waals surface area (Å²) in [7, 11) is 0. The standard InChI is InChI=1S/C12H16N2O2S/c1-8(2)10(11(15)16)14-12(17)13-9-6-4-3-5-7-9/h3-8,10H,1-2H3,(H,15,16)(H2,13,14,17)/t10-/m1/s1. The second-order valence-corrected chi connectivity index (χ2v) is 4.43. The van der Waals surface area contributed by atoms with E-state index >= 15 is 0 Å². The summed E-state index contributed by atoms with van der Waals surface area (Å²) in [5, 5.41) is 15.0. The first-order chi connectivity index (χ1) is 8.00. The summed E-state index contributed by atoms with van der Waals surface area (Å²) in [5.41, 5.74) is 0.831. The Morgan fingerprint density at radius 1 is 1.29 bits per heavy atom. The SMILES string of the molecule is CC(C)[C@@H](NC(=S)Nc1ccccc1)C(=O)O. The molecule has 0 fully saturated rings. The van der Waals surface area contributed by atoms with Crippen molar-refractivity contribution in [1.82, 2.24) is 5.32 Å². The third-order valence-electron chi connectivity index (χ3n) is 2.25. The van der Waals surface area contributed by atoms with Gasteiger partial charge < -0.3 is 15.7 Å². The highest BCUT2D eigenvalue weighted by molar-refractivity contribution is 7.80. The van der Waals surface area contributed by atoms with Crippen molar-refractivity contribution in [3.63, 3.8) is 0 Å². The minimum Gasteiger partial charge on any atom is -0.480 e. The maximum Gasteiger partial charge on any atom is 0.326 e. The molecule has 1 aromatic carbocycles. The lowest BCUT2D eigenvalue weighted by atomic mass is 10.1. The summed E-state index contributed by atoms with van der Waals surface area (Å²) in [6, 6.07) is 8.69. The van der Waals surface area contributed by atoms with Crippen molar-refractivity contribution in [3.8, 4) is 0 Å². The fraction of sp³-hybridized carbons (Fsp3) is 0.333. The van der Waals surface area contributed by atoms with E-state index in [1.807, 2.05) is 44.2 Å². The van der Waals surface area contributed by atoms with Crippen LogP contribution in [-0.2, 0) is 4.79 Å². The van der Waals surface area contributed by atoms with Crippen LogP contribution < -0.4 is 10.6 Å². The van der Waals surface area contributed by atoms with Gasteiger partial charge in [-0.3, -0.25) is 0 Å². The van der Waals surface area contributed by atoms with E-state index in [1.54, 1.807) is 0 Å². The minimum absolute atomic E-state index is 0.0389. The van der Waals surface area contributed by atoms with Crippen LogP contribution in [0.2, 0.25) is 0 Å². The van der Waals surface area contributed by atoms with Crippen molar-refractivity contribution in [3.05, 3.63) is 30.3 Å². The number of thiocarbonyl (C=S) groups is 1. The lowest BCUT2D eigenvalue weighted by Crippen LogP contribution is -2.46. The predicted octanol–water partition coefficient (Wildman–Crippen LogP) is 2.08. The Morgan fingerprint density at radius 3 is 2.35 bits per heavy atom. The van der Waals surface area contributed by atoms with Crippen molar-refractivity contribution in [2.24, 2.45) is 5.92 Å². The molecule has 0 aliphatic heterocycles. The lowest BCUT2D eigenvalue weighted by Gasteiger charge is -2.20. The fourth-order valence-corrected chi connectivity index (χ4v) is 1.59. The molecule has 1 rings (SSSR count). The second-order valence-electron chi connectivity index (χ2n) is 4.02. The summed E-state index contributed by atoms with van der Waals surface area (Å²) in [6.45, 7) is 3.66. The number of para-hydroxylation sites is 1. The monoisotopic (exact) mass is 252 g/mol. The van der Waals surface area contributed by atoms with Crippen LogP contribution >= 0.6 is 12.2 Å². The highest BCUT2D eigenvalue weighted by Gasteiger charge is 2.21. The molecule has 4 nitrogen and oxygen atoms in total. The van der Waals surface area contributed by atoms with E-state index in [1.165, 1.54) is 0 Å². The van der Waals surface area contributed by atoms with E-state index in [0.29, 0.717) is 5.11 Å². The molecule has 0 radical (unpaired) electrons. The van der Waals surface area contributed by atoms with Crippen LogP contribution in [0.15, 0.2) is 30.3 Å². The van der Waals surface area contributed by atoms with Crippen LogP contribution in [0.25, 0.3) is 0 Å². The van der Waals surface area contributed by atoms with E-state index in [-0.39, 0.29) is 5.92 Å². The molecule has 92 valence electrons. The first-order valence-corrected chi connectivity index (χ1v) is 5.77. The number of benzene rings is 1. The Hall–Kier alpha value is -1.62. The van der Waals surface area contributed by atoms with Gasteiger partial charge in [0, 0.05) is 5.69 Å². The van der Waals surface area contributed by atoms with Crippen molar-refractivity contribution in [1.29, 1.82) is 0 Å². The van der Waals surface area contributed by atoms with E-state index in [4.69, 9.17) is 17.3 Å². The Labute approximate surface area is 106 Å². The van der Waals surface area contributed by atoms with E-state index in [0.717, 1.165) is 5.69 Å². The molecule has 0 heterocycles. The molecule has 0 saturated heterocycles. The zero-order valence-corrected chi connectivity index (χ0v) is 10.6. The minimum atomic E-state index is -0.905. The van der Waals surface area contributed by atoms with Crippen LogP contribution in [0.5, 0.6) is 0 Å². The number of hydrogen-bond donors (Lipinski definition) is 3. The maximum atomic E-state index is 11.0. The van der Waals surface area contributed by atoms with Crippen LogP contribution in [0.4, 0.5) is 5.69 Å². The molecule has 0 aliphatic rings. The van der Waals surface area contributed by atoms with Crippen LogP contribution in [0.3, 0.4) is 0 Å². The molecule has 0 aromatic heterocycles. The van der Waals surface area contributed by atoms with E-state index in [2.05, 4.69) is 10.6 Å². The average molecular weight is 252 g/mol. The molecule has 0 saturated carbocycles. The van der Waals surface area contributed by atoms with Crippen molar-refractivity contribution >= 4 is 29.0 Å². The lowest BCUT2D eigenvalue weighted by molar-refractivity contribution is -0.140. The van der Waals surface area contributed by atoms with E-state index < -0.39 is 12.0 Å². The zero-order chi connectivity index (χ0) is 12.8. The van der Waals surface area contributed by atoms with E-state index in [9.17, 15) is 4.79 Å². The molecular formula is C12H16N2O2S.